The van der Waals surface area contributed by atoms with Crippen LogP contribution in [-0.2, 0) is 4.74 Å². The van der Waals surface area contributed by atoms with Crippen LogP contribution in [0.2, 0.25) is 0 Å². The summed E-state index contributed by atoms with van der Waals surface area (Å²) < 4.78 is 5.21. The third kappa shape index (κ3) is 22.5. The zero-order valence-electron chi connectivity index (χ0n) is 21.3. The predicted molar refractivity (Wildman–Crippen MR) is 133 cm³/mol. The van der Waals surface area contributed by atoms with Crippen molar-refractivity contribution in [2.24, 2.45) is 17.8 Å². The molecule has 0 aromatic rings. The third-order valence-electron chi connectivity index (χ3n) is 6.79. The molecule has 0 spiro atoms. The topological polar surface area (TPSA) is 9.23 Å². The number of hydrogen-bond donors (Lipinski definition) is 0. The highest BCUT2D eigenvalue weighted by Crippen LogP contribution is 2.21. The van der Waals surface area contributed by atoms with Crippen LogP contribution < -0.4 is 0 Å². The second kappa shape index (κ2) is 22.6. The van der Waals surface area contributed by atoms with Gasteiger partial charge in [-0.25, -0.2) is 0 Å². The Morgan fingerprint density at radius 1 is 0.448 bits per heavy atom. The average molecular weight is 411 g/mol. The molecule has 29 heavy (non-hydrogen) atoms. The highest BCUT2D eigenvalue weighted by Gasteiger charge is 2.06. The highest BCUT2D eigenvalue weighted by molar-refractivity contribution is 4.59. The Balaban J connectivity index is 3.28. The summed E-state index contributed by atoms with van der Waals surface area (Å²) in [5.74, 6) is 2.64. The largest absolute Gasteiger partial charge is 0.384 e. The summed E-state index contributed by atoms with van der Waals surface area (Å²) >= 11 is 0. The lowest BCUT2D eigenvalue weighted by Crippen LogP contribution is -2.02. The van der Waals surface area contributed by atoms with Crippen LogP contribution in [0.3, 0.4) is 0 Å². The van der Waals surface area contributed by atoms with Crippen molar-refractivity contribution in [2.75, 3.05) is 13.7 Å². The van der Waals surface area contributed by atoms with E-state index in [0.29, 0.717) is 0 Å². The van der Waals surface area contributed by atoms with Crippen molar-refractivity contribution in [1.29, 1.82) is 0 Å². The average Bonchev–Trinajstić information content (AvgIpc) is 2.69. The van der Waals surface area contributed by atoms with E-state index in [9.17, 15) is 0 Å². The molecule has 0 bridgehead atoms. The maximum atomic E-state index is 5.21. The van der Waals surface area contributed by atoms with Crippen molar-refractivity contribution in [2.45, 2.75) is 150 Å². The summed E-state index contributed by atoms with van der Waals surface area (Å²) in [6, 6.07) is 0. The van der Waals surface area contributed by atoms with Crippen molar-refractivity contribution >= 4 is 0 Å². The monoisotopic (exact) mass is 410 g/mol. The molecule has 0 aliphatic rings. The summed E-state index contributed by atoms with van der Waals surface area (Å²) in [5, 5.41) is 0. The fourth-order valence-electron chi connectivity index (χ4n) is 4.61. The first-order chi connectivity index (χ1) is 14.1. The van der Waals surface area contributed by atoms with Gasteiger partial charge < -0.3 is 4.74 Å². The van der Waals surface area contributed by atoms with Gasteiger partial charge in [-0.1, -0.05) is 143 Å². The van der Waals surface area contributed by atoms with Crippen molar-refractivity contribution in [1.82, 2.24) is 0 Å². The van der Waals surface area contributed by atoms with Crippen LogP contribution in [-0.4, -0.2) is 13.7 Å². The van der Waals surface area contributed by atoms with Crippen LogP contribution in [0, 0.1) is 17.8 Å². The molecule has 0 aliphatic heterocycles. The van der Waals surface area contributed by atoms with Crippen LogP contribution in [0.4, 0.5) is 0 Å². The molecule has 0 N–H and O–H groups in total. The van der Waals surface area contributed by atoms with Gasteiger partial charge in [-0.2, -0.15) is 0 Å². The summed E-state index contributed by atoms with van der Waals surface area (Å²) in [7, 11) is 1.81. The van der Waals surface area contributed by atoms with Gasteiger partial charge in [0.25, 0.3) is 0 Å². The van der Waals surface area contributed by atoms with Gasteiger partial charge in [-0.05, 0) is 24.2 Å². The first kappa shape index (κ1) is 29.0. The highest BCUT2D eigenvalue weighted by atomic mass is 16.5. The van der Waals surface area contributed by atoms with Gasteiger partial charge in [-0.15, -0.1) is 0 Å². The lowest BCUT2D eigenvalue weighted by atomic mass is 9.92. The molecule has 0 aromatic heterocycles. The van der Waals surface area contributed by atoms with E-state index in [1.54, 1.807) is 0 Å². The molecule has 3 atom stereocenters. The lowest BCUT2D eigenvalue weighted by Gasteiger charge is -2.14. The van der Waals surface area contributed by atoms with Gasteiger partial charge in [0.05, 0.1) is 0 Å². The second-order valence-electron chi connectivity index (χ2n) is 10.3. The standard InChI is InChI=1S/C28H58O/c1-6-7-8-16-20-26(2)23-19-24-27(3)21-17-14-12-10-9-11-13-15-18-22-28(4)25-29-5/h26-28H,6-25H2,1-5H3. The molecule has 1 nitrogen and oxygen atoms in total. The lowest BCUT2D eigenvalue weighted by molar-refractivity contribution is 0.154. The Morgan fingerprint density at radius 2 is 0.793 bits per heavy atom. The Hall–Kier alpha value is -0.0400. The molecule has 0 rings (SSSR count). The third-order valence-corrected chi connectivity index (χ3v) is 6.79. The number of ether oxygens (including phenoxy) is 1. The van der Waals surface area contributed by atoms with Crippen LogP contribution >= 0.6 is 0 Å². The Labute approximate surface area is 186 Å². The van der Waals surface area contributed by atoms with E-state index >= 15 is 0 Å². The van der Waals surface area contributed by atoms with Gasteiger partial charge >= 0.3 is 0 Å². The zero-order chi connectivity index (χ0) is 21.6. The van der Waals surface area contributed by atoms with Gasteiger partial charge in [0, 0.05) is 13.7 Å². The fourth-order valence-corrected chi connectivity index (χ4v) is 4.61. The zero-order valence-corrected chi connectivity index (χ0v) is 21.3. The van der Waals surface area contributed by atoms with E-state index in [-0.39, 0.29) is 0 Å². The summed E-state index contributed by atoms with van der Waals surface area (Å²) in [5.41, 5.74) is 0. The maximum Gasteiger partial charge on any atom is 0.0487 e. The SMILES string of the molecule is CCCCCCC(C)CCCC(C)CCCCCCCCCCCC(C)COC. The van der Waals surface area contributed by atoms with E-state index in [4.69, 9.17) is 4.74 Å². The molecule has 0 heterocycles. The molecule has 1 heteroatoms. The molecule has 0 aliphatic carbocycles. The van der Waals surface area contributed by atoms with Gasteiger partial charge in [0.15, 0.2) is 0 Å². The van der Waals surface area contributed by atoms with Gasteiger partial charge in [-0.3, -0.25) is 0 Å². The predicted octanol–water partition coefficient (Wildman–Crippen LogP) is 9.97. The Morgan fingerprint density at radius 3 is 1.21 bits per heavy atom. The smallest absolute Gasteiger partial charge is 0.0487 e. The second-order valence-corrected chi connectivity index (χ2v) is 10.3. The van der Waals surface area contributed by atoms with E-state index in [0.717, 1.165) is 24.4 Å². The van der Waals surface area contributed by atoms with E-state index in [1.807, 2.05) is 7.11 Å². The van der Waals surface area contributed by atoms with Crippen molar-refractivity contribution in [3.05, 3.63) is 0 Å². The molecule has 0 fully saturated rings. The number of unbranched alkanes of at least 4 members (excludes halogenated alkanes) is 11. The van der Waals surface area contributed by atoms with Crippen LogP contribution in [0.25, 0.3) is 0 Å². The number of hydrogen-bond acceptors (Lipinski definition) is 1. The van der Waals surface area contributed by atoms with Crippen molar-refractivity contribution in [3.63, 3.8) is 0 Å². The Kier molecular flexibility index (Phi) is 22.6. The molecule has 0 saturated carbocycles. The summed E-state index contributed by atoms with van der Waals surface area (Å²) in [6.45, 7) is 10.5. The molecular formula is C28H58O. The molecule has 3 unspecified atom stereocenters. The van der Waals surface area contributed by atoms with Crippen molar-refractivity contribution in [3.8, 4) is 0 Å². The number of rotatable bonds is 23. The van der Waals surface area contributed by atoms with Crippen molar-refractivity contribution < 1.29 is 4.74 Å². The fraction of sp³-hybridized carbons (Fsp3) is 1.00. The molecule has 0 amide bonds. The van der Waals surface area contributed by atoms with E-state index in [2.05, 4.69) is 27.7 Å². The molecule has 176 valence electrons. The van der Waals surface area contributed by atoms with Crippen LogP contribution in [0.5, 0.6) is 0 Å². The van der Waals surface area contributed by atoms with E-state index in [1.165, 1.54) is 122 Å². The Bertz CT molecular complexity index is 301. The normalized spacial score (nSPS) is 14.8. The minimum Gasteiger partial charge on any atom is -0.384 e. The first-order valence-corrected chi connectivity index (χ1v) is 13.6. The minimum absolute atomic E-state index is 0.737. The van der Waals surface area contributed by atoms with Crippen LogP contribution in [0.15, 0.2) is 0 Å². The minimum atomic E-state index is 0.737. The van der Waals surface area contributed by atoms with Gasteiger partial charge in [0.1, 0.15) is 0 Å². The quantitative estimate of drug-likeness (QED) is 0.152. The number of methoxy groups -OCH3 is 1. The maximum absolute atomic E-state index is 5.21. The molecular weight excluding hydrogens is 352 g/mol. The molecule has 0 radical (unpaired) electrons. The molecule has 0 aromatic carbocycles. The van der Waals surface area contributed by atoms with Gasteiger partial charge in [0.2, 0.25) is 0 Å². The van der Waals surface area contributed by atoms with E-state index < -0.39 is 0 Å². The first-order valence-electron chi connectivity index (χ1n) is 13.6. The summed E-state index contributed by atoms with van der Waals surface area (Å²) in [6.07, 6.45) is 27.3. The molecule has 0 saturated heterocycles. The summed E-state index contributed by atoms with van der Waals surface area (Å²) in [4.78, 5) is 0. The van der Waals surface area contributed by atoms with Crippen LogP contribution in [0.1, 0.15) is 150 Å².